The Labute approximate surface area is 244 Å². The van der Waals surface area contributed by atoms with Gasteiger partial charge < -0.3 is 28.4 Å². The van der Waals surface area contributed by atoms with E-state index in [1.807, 2.05) is 79.7 Å². The molecule has 40 heavy (non-hydrogen) atoms. The molecule has 4 aliphatic heterocycles. The van der Waals surface area contributed by atoms with Gasteiger partial charge in [-0.05, 0) is 67.5 Å². The molecule has 6 heterocycles. The SMILES string of the molecule is CN1C(=O)C2=C(c3ccc(B4OC(C)(C)C(C)(C)O4)s3)N(C)C(=O)C2=C1c1ccc(B2OC(C)(C)C(C)(C)O2)s1. The van der Waals surface area contributed by atoms with Gasteiger partial charge >= 0.3 is 14.2 Å². The van der Waals surface area contributed by atoms with E-state index in [4.69, 9.17) is 18.6 Å². The van der Waals surface area contributed by atoms with Crippen molar-refractivity contribution in [2.45, 2.75) is 77.8 Å². The maximum atomic E-state index is 13.7. The first-order chi connectivity index (χ1) is 18.5. The first-order valence-corrected chi connectivity index (χ1v) is 15.1. The Balaban J connectivity index is 1.37. The van der Waals surface area contributed by atoms with Crippen LogP contribution in [-0.4, -0.2) is 72.4 Å². The van der Waals surface area contributed by atoms with Gasteiger partial charge in [0.25, 0.3) is 11.8 Å². The minimum Gasteiger partial charge on any atom is -0.399 e. The van der Waals surface area contributed by atoms with Crippen LogP contribution in [-0.2, 0) is 28.2 Å². The lowest BCUT2D eigenvalue weighted by Gasteiger charge is -2.32. The molecule has 6 rings (SSSR count). The van der Waals surface area contributed by atoms with Crippen LogP contribution in [0.3, 0.4) is 0 Å². The van der Waals surface area contributed by atoms with Crippen molar-refractivity contribution in [3.8, 4) is 0 Å². The minimum absolute atomic E-state index is 0.200. The Morgan fingerprint density at radius 2 is 0.875 bits per heavy atom. The van der Waals surface area contributed by atoms with E-state index < -0.39 is 36.6 Å². The third-order valence-electron chi connectivity index (χ3n) is 9.12. The summed E-state index contributed by atoms with van der Waals surface area (Å²) in [5.41, 5.74) is 0.244. The van der Waals surface area contributed by atoms with Crippen LogP contribution in [0.2, 0.25) is 0 Å². The summed E-state index contributed by atoms with van der Waals surface area (Å²) >= 11 is 2.96. The largest absolute Gasteiger partial charge is 0.505 e. The number of hydrogen-bond donors (Lipinski definition) is 0. The topological polar surface area (TPSA) is 77.5 Å². The predicted molar refractivity (Wildman–Crippen MR) is 159 cm³/mol. The van der Waals surface area contributed by atoms with Crippen LogP contribution in [0.4, 0.5) is 0 Å². The van der Waals surface area contributed by atoms with Gasteiger partial charge in [0, 0.05) is 23.6 Å². The van der Waals surface area contributed by atoms with Crippen LogP contribution < -0.4 is 9.55 Å². The lowest BCUT2D eigenvalue weighted by atomic mass is 9.88. The molecule has 0 saturated carbocycles. The molecule has 0 unspecified atom stereocenters. The second-order valence-electron chi connectivity index (χ2n) is 12.8. The highest BCUT2D eigenvalue weighted by Crippen LogP contribution is 2.47. The van der Waals surface area contributed by atoms with E-state index in [1.165, 1.54) is 22.7 Å². The molecule has 12 heteroatoms. The fourth-order valence-corrected chi connectivity index (χ4v) is 7.34. The fraction of sp³-hybridized carbons (Fsp3) is 0.500. The van der Waals surface area contributed by atoms with Crippen molar-refractivity contribution in [3.05, 3.63) is 45.2 Å². The molecule has 2 amide bonds. The quantitative estimate of drug-likeness (QED) is 0.516. The van der Waals surface area contributed by atoms with E-state index in [2.05, 4.69) is 0 Å². The number of fused-ring (bicyclic) bond motifs is 1. The zero-order valence-electron chi connectivity index (χ0n) is 24.6. The number of amides is 2. The molecule has 210 valence electrons. The van der Waals surface area contributed by atoms with E-state index in [1.54, 1.807) is 23.9 Å². The highest BCUT2D eigenvalue weighted by Gasteiger charge is 2.54. The van der Waals surface area contributed by atoms with Gasteiger partial charge in [0.1, 0.15) is 0 Å². The highest BCUT2D eigenvalue weighted by molar-refractivity contribution is 7.23. The van der Waals surface area contributed by atoms with Gasteiger partial charge in [-0.25, -0.2) is 0 Å². The molecule has 0 atom stereocenters. The van der Waals surface area contributed by atoms with E-state index >= 15 is 0 Å². The highest BCUT2D eigenvalue weighted by atomic mass is 32.1. The van der Waals surface area contributed by atoms with E-state index in [0.29, 0.717) is 22.5 Å². The second kappa shape index (κ2) is 8.65. The van der Waals surface area contributed by atoms with Crippen LogP contribution in [0.1, 0.15) is 65.1 Å². The summed E-state index contributed by atoms with van der Waals surface area (Å²) in [6.45, 7) is 16.1. The van der Waals surface area contributed by atoms with Crippen molar-refractivity contribution in [1.29, 1.82) is 0 Å². The summed E-state index contributed by atoms with van der Waals surface area (Å²) in [6.07, 6.45) is 0. The number of likely N-dealkylation sites (N-methyl/N-ethyl adjacent to an activating group) is 2. The van der Waals surface area contributed by atoms with Gasteiger partial charge in [-0.15, -0.1) is 22.7 Å². The van der Waals surface area contributed by atoms with Gasteiger partial charge in [0.05, 0.1) is 54.7 Å². The average Bonchev–Trinajstić information content (AvgIpc) is 3.65. The predicted octanol–water partition coefficient (Wildman–Crippen LogP) is 3.47. The van der Waals surface area contributed by atoms with Crippen LogP contribution >= 0.6 is 22.7 Å². The number of thiophene rings is 2. The van der Waals surface area contributed by atoms with Crippen molar-refractivity contribution in [2.75, 3.05) is 14.1 Å². The Kier molecular flexibility index (Phi) is 6.04. The molecule has 2 aromatic heterocycles. The van der Waals surface area contributed by atoms with Crippen molar-refractivity contribution < 1.29 is 28.2 Å². The number of carbonyl (C=O) groups is 2. The van der Waals surface area contributed by atoms with Crippen molar-refractivity contribution in [1.82, 2.24) is 9.80 Å². The molecule has 0 spiro atoms. The van der Waals surface area contributed by atoms with E-state index in [-0.39, 0.29) is 11.8 Å². The number of nitrogens with zero attached hydrogens (tertiary/aromatic N) is 2. The summed E-state index contributed by atoms with van der Waals surface area (Å²) in [4.78, 5) is 32.1. The van der Waals surface area contributed by atoms with Crippen LogP contribution in [0, 0.1) is 0 Å². The molecule has 2 saturated heterocycles. The third kappa shape index (κ3) is 3.87. The zero-order chi connectivity index (χ0) is 29.2. The Bertz CT molecular complexity index is 1370. The molecular formula is C28H34B2N2O6S2. The Hall–Kier alpha value is -2.21. The Morgan fingerprint density at radius 3 is 1.18 bits per heavy atom. The minimum atomic E-state index is -0.510. The first kappa shape index (κ1) is 27.9. The number of hydrogen-bond acceptors (Lipinski definition) is 8. The molecule has 0 aliphatic carbocycles. The van der Waals surface area contributed by atoms with Crippen molar-refractivity contribution >= 4 is 69.7 Å². The third-order valence-corrected chi connectivity index (χ3v) is 11.4. The summed E-state index contributed by atoms with van der Waals surface area (Å²) < 4.78 is 26.7. The van der Waals surface area contributed by atoms with E-state index in [0.717, 1.165) is 19.3 Å². The first-order valence-electron chi connectivity index (χ1n) is 13.4. The number of carbonyl (C=O) groups excluding carboxylic acids is 2. The number of rotatable bonds is 4. The van der Waals surface area contributed by atoms with Gasteiger partial charge in [-0.3, -0.25) is 9.59 Å². The monoisotopic (exact) mass is 580 g/mol. The molecule has 8 nitrogen and oxygen atoms in total. The lowest BCUT2D eigenvalue weighted by Crippen LogP contribution is -2.41. The van der Waals surface area contributed by atoms with E-state index in [9.17, 15) is 9.59 Å². The van der Waals surface area contributed by atoms with Gasteiger partial charge in [-0.1, -0.05) is 12.1 Å². The molecule has 2 aromatic rings. The van der Waals surface area contributed by atoms with Crippen LogP contribution in [0.5, 0.6) is 0 Å². The molecule has 0 aromatic carbocycles. The summed E-state index contributed by atoms with van der Waals surface area (Å²) in [5, 5.41) is 0. The fourth-order valence-electron chi connectivity index (χ4n) is 5.24. The van der Waals surface area contributed by atoms with Crippen LogP contribution in [0.15, 0.2) is 35.4 Å². The molecule has 0 N–H and O–H groups in total. The smallest absolute Gasteiger partial charge is 0.399 e. The second-order valence-corrected chi connectivity index (χ2v) is 15.0. The average molecular weight is 580 g/mol. The van der Waals surface area contributed by atoms with Crippen LogP contribution in [0.25, 0.3) is 11.4 Å². The van der Waals surface area contributed by atoms with Crippen molar-refractivity contribution in [2.24, 2.45) is 0 Å². The summed E-state index contributed by atoms with van der Waals surface area (Å²) in [5.74, 6) is -0.400. The lowest BCUT2D eigenvalue weighted by molar-refractivity contribution is -0.123. The summed E-state index contributed by atoms with van der Waals surface area (Å²) in [6, 6.07) is 7.78. The maximum absolute atomic E-state index is 13.7. The maximum Gasteiger partial charge on any atom is 0.505 e. The molecule has 4 aliphatic rings. The standard InChI is InChI=1S/C28H34B2N2O6S2/c1-25(2)26(3,4)36-29(35-25)17-13-11-15(39-17)21-19-20(24(34)31(21)9)22(32(10)23(19)33)16-12-14-18(40-16)30-37-27(5,6)28(7,8)38-30/h11-14H,1-10H3. The molecular weight excluding hydrogens is 546 g/mol. The molecule has 2 fully saturated rings. The summed E-state index contributed by atoms with van der Waals surface area (Å²) in [7, 11) is 2.42. The zero-order valence-corrected chi connectivity index (χ0v) is 26.3. The van der Waals surface area contributed by atoms with Gasteiger partial charge in [-0.2, -0.15) is 0 Å². The normalized spacial score (nSPS) is 24.9. The Morgan fingerprint density at radius 1 is 0.575 bits per heavy atom. The van der Waals surface area contributed by atoms with Gasteiger partial charge in [0.2, 0.25) is 0 Å². The van der Waals surface area contributed by atoms with Crippen molar-refractivity contribution in [3.63, 3.8) is 0 Å². The van der Waals surface area contributed by atoms with Gasteiger partial charge in [0.15, 0.2) is 0 Å². The molecule has 0 radical (unpaired) electrons. The molecule has 0 bridgehead atoms.